The van der Waals surface area contributed by atoms with Crippen LogP contribution in [0.3, 0.4) is 0 Å². The summed E-state index contributed by atoms with van der Waals surface area (Å²) >= 11 is 0. The third-order valence-electron chi connectivity index (χ3n) is 6.15. The van der Waals surface area contributed by atoms with E-state index in [0.29, 0.717) is 24.2 Å². The Morgan fingerprint density at radius 3 is 2.21 bits per heavy atom. The lowest BCUT2D eigenvalue weighted by Crippen LogP contribution is -2.40. The predicted molar refractivity (Wildman–Crippen MR) is 148 cm³/mol. The highest BCUT2D eigenvalue weighted by molar-refractivity contribution is 6.10. The van der Waals surface area contributed by atoms with Crippen molar-refractivity contribution in [3.05, 3.63) is 77.0 Å². The van der Waals surface area contributed by atoms with Gasteiger partial charge < -0.3 is 31.9 Å². The number of amidine groups is 1. The molecule has 8 N–H and O–H groups in total. The molecule has 0 spiro atoms. The number of anilines is 1. The van der Waals surface area contributed by atoms with Crippen LogP contribution in [-0.2, 0) is 0 Å². The molecule has 39 heavy (non-hydrogen) atoms. The summed E-state index contributed by atoms with van der Waals surface area (Å²) in [6.07, 6.45) is 0.584. The lowest BCUT2D eigenvalue weighted by atomic mass is 9.95. The number of hydrogen-bond donors (Lipinski definition) is 6. The summed E-state index contributed by atoms with van der Waals surface area (Å²) in [5.41, 5.74) is 12.4. The Hall–Kier alpha value is -4.77. The number of nitrogens with zero attached hydrogens (tertiary/aromatic N) is 1. The van der Waals surface area contributed by atoms with E-state index in [9.17, 15) is 19.5 Å². The Morgan fingerprint density at radius 1 is 1.00 bits per heavy atom. The van der Waals surface area contributed by atoms with E-state index in [1.165, 1.54) is 37.4 Å². The van der Waals surface area contributed by atoms with Crippen molar-refractivity contribution in [2.75, 3.05) is 19.0 Å². The van der Waals surface area contributed by atoms with Gasteiger partial charge in [0.15, 0.2) is 0 Å². The van der Waals surface area contributed by atoms with Gasteiger partial charge in [-0.05, 0) is 66.9 Å². The summed E-state index contributed by atoms with van der Waals surface area (Å²) in [5.74, 6) is -2.12. The van der Waals surface area contributed by atoms with Crippen molar-refractivity contribution in [3.8, 4) is 17.0 Å². The van der Waals surface area contributed by atoms with E-state index in [-0.39, 0.29) is 51.6 Å². The quantitative estimate of drug-likeness (QED) is 0.160. The molecule has 0 aliphatic heterocycles. The molecular weight excluding hydrogens is 500 g/mol. The second-order valence-electron chi connectivity index (χ2n) is 9.16. The first-order chi connectivity index (χ1) is 18.5. The molecule has 2 amide bonds. The lowest BCUT2D eigenvalue weighted by Gasteiger charge is -2.22. The Balaban J connectivity index is 2.01. The number of carboxylic acids is 1. The molecule has 1 aromatic heterocycles. The van der Waals surface area contributed by atoms with Gasteiger partial charge in [-0.2, -0.15) is 0 Å². The maximum atomic E-state index is 13.3. The number of benzene rings is 2. The minimum Gasteiger partial charge on any atom is -0.481 e. The van der Waals surface area contributed by atoms with Gasteiger partial charge in [-0.25, -0.2) is 9.78 Å². The highest BCUT2D eigenvalue weighted by Crippen LogP contribution is 2.30. The summed E-state index contributed by atoms with van der Waals surface area (Å²) in [6, 6.07) is 13.5. The number of hydrogen-bond acceptors (Lipinski definition) is 7. The van der Waals surface area contributed by atoms with Crippen LogP contribution in [0.4, 0.5) is 5.69 Å². The highest BCUT2D eigenvalue weighted by atomic mass is 16.5. The third kappa shape index (κ3) is 6.96. The molecular formula is C28H32N6O5. The van der Waals surface area contributed by atoms with E-state index in [4.69, 9.17) is 21.6 Å². The number of carboxylic acid groups (broad SMARTS) is 1. The van der Waals surface area contributed by atoms with E-state index in [0.717, 1.165) is 0 Å². The fraction of sp³-hybridized carbons (Fsp3) is 0.250. The van der Waals surface area contributed by atoms with E-state index < -0.39 is 17.8 Å². The highest BCUT2D eigenvalue weighted by Gasteiger charge is 2.23. The lowest BCUT2D eigenvalue weighted by molar-refractivity contribution is 0.0697. The van der Waals surface area contributed by atoms with Crippen LogP contribution in [0.25, 0.3) is 11.1 Å². The first-order valence-electron chi connectivity index (χ1n) is 12.2. The van der Waals surface area contributed by atoms with Gasteiger partial charge >= 0.3 is 5.97 Å². The molecule has 0 saturated carbocycles. The molecule has 11 heteroatoms. The molecule has 0 saturated heterocycles. The number of methoxy groups -OCH3 is 1. The minimum atomic E-state index is -1.27. The number of carbonyl (C=O) groups excluding carboxylic acids is 2. The number of nitrogen functional groups attached to an aromatic ring is 1. The number of amides is 2. The second-order valence-corrected chi connectivity index (χ2v) is 9.16. The Kier molecular flexibility index (Phi) is 9.34. The van der Waals surface area contributed by atoms with Crippen LogP contribution in [0.2, 0.25) is 0 Å². The van der Waals surface area contributed by atoms with Gasteiger partial charge in [0, 0.05) is 34.5 Å². The third-order valence-corrected chi connectivity index (χ3v) is 6.15. The van der Waals surface area contributed by atoms with Gasteiger partial charge in [0.25, 0.3) is 11.8 Å². The number of pyridine rings is 1. The van der Waals surface area contributed by atoms with Crippen molar-refractivity contribution < 1.29 is 24.2 Å². The normalized spacial score (nSPS) is 11.5. The van der Waals surface area contributed by atoms with Gasteiger partial charge in [0.1, 0.15) is 11.5 Å². The molecule has 1 atom stereocenters. The zero-order chi connectivity index (χ0) is 28.7. The van der Waals surface area contributed by atoms with Crippen molar-refractivity contribution in [1.82, 2.24) is 10.3 Å². The summed E-state index contributed by atoms with van der Waals surface area (Å²) in [6.45, 7) is 4.33. The number of nitrogens with one attached hydrogen (secondary N) is 3. The largest absolute Gasteiger partial charge is 0.481 e. The minimum absolute atomic E-state index is 0.0764. The van der Waals surface area contributed by atoms with Gasteiger partial charge in [-0.1, -0.05) is 19.9 Å². The van der Waals surface area contributed by atoms with Crippen LogP contribution in [0.1, 0.15) is 57.0 Å². The van der Waals surface area contributed by atoms with Crippen molar-refractivity contribution >= 4 is 29.3 Å². The van der Waals surface area contributed by atoms with Crippen molar-refractivity contribution in [2.24, 2.45) is 17.4 Å². The molecule has 3 rings (SSSR count). The Bertz CT molecular complexity index is 1390. The zero-order valence-corrected chi connectivity index (χ0v) is 21.9. The van der Waals surface area contributed by atoms with Crippen LogP contribution in [0, 0.1) is 11.3 Å². The first kappa shape index (κ1) is 28.8. The maximum absolute atomic E-state index is 13.3. The van der Waals surface area contributed by atoms with Crippen LogP contribution >= 0.6 is 0 Å². The molecule has 204 valence electrons. The predicted octanol–water partition coefficient (Wildman–Crippen LogP) is 3.09. The van der Waals surface area contributed by atoms with E-state index >= 15 is 0 Å². The first-order valence-corrected chi connectivity index (χ1v) is 12.2. The SMILES string of the molecule is COc1ccc(-c2ccc(C(=O)N[C@H](CCN)C(C)C)cc2C(=O)O)c(C(=O)Nc2ccc(C(=N)N)cc2)n1. The summed E-state index contributed by atoms with van der Waals surface area (Å²) < 4.78 is 5.19. The van der Waals surface area contributed by atoms with Crippen LogP contribution in [0.5, 0.6) is 5.88 Å². The Morgan fingerprint density at radius 2 is 1.64 bits per heavy atom. The van der Waals surface area contributed by atoms with Crippen LogP contribution < -0.4 is 26.8 Å². The van der Waals surface area contributed by atoms with E-state index in [1.807, 2.05) is 13.8 Å². The van der Waals surface area contributed by atoms with E-state index in [2.05, 4.69) is 15.6 Å². The Labute approximate surface area is 226 Å². The standard InChI is InChI=1S/C28H32N6O5/c1-15(2)22(12-13-29)33-26(35)17-6-9-19(21(14-17)28(37)38)20-10-11-23(39-3)34-24(20)27(36)32-18-7-4-16(5-8-18)25(30)31/h4-11,14-15,22H,12-13,29H2,1-3H3,(H3,30,31)(H,32,36)(H,33,35)(H,37,38)/t22-/m1/s1. The van der Waals surface area contributed by atoms with Crippen molar-refractivity contribution in [3.63, 3.8) is 0 Å². The monoisotopic (exact) mass is 532 g/mol. The number of rotatable bonds is 11. The fourth-order valence-corrected chi connectivity index (χ4v) is 3.97. The van der Waals surface area contributed by atoms with Crippen molar-refractivity contribution in [2.45, 2.75) is 26.3 Å². The number of carbonyl (C=O) groups is 3. The molecule has 0 bridgehead atoms. The summed E-state index contributed by atoms with van der Waals surface area (Å²) in [4.78, 5) is 42.7. The van der Waals surface area contributed by atoms with E-state index in [1.54, 1.807) is 24.3 Å². The molecule has 0 aliphatic carbocycles. The average molecular weight is 533 g/mol. The molecule has 0 fully saturated rings. The van der Waals surface area contributed by atoms with Crippen LogP contribution in [0.15, 0.2) is 54.6 Å². The number of aromatic carboxylic acids is 1. The van der Waals surface area contributed by atoms with Gasteiger partial charge in [-0.15, -0.1) is 0 Å². The zero-order valence-electron chi connectivity index (χ0n) is 21.9. The smallest absolute Gasteiger partial charge is 0.336 e. The maximum Gasteiger partial charge on any atom is 0.336 e. The van der Waals surface area contributed by atoms with Gasteiger partial charge in [-0.3, -0.25) is 15.0 Å². The second kappa shape index (κ2) is 12.7. The van der Waals surface area contributed by atoms with Gasteiger partial charge in [0.2, 0.25) is 5.88 Å². The molecule has 0 aliphatic rings. The fourth-order valence-electron chi connectivity index (χ4n) is 3.97. The summed E-state index contributed by atoms with van der Waals surface area (Å²) in [7, 11) is 1.40. The average Bonchev–Trinajstić information content (AvgIpc) is 2.92. The number of nitrogens with two attached hydrogens (primary N) is 2. The topological polar surface area (TPSA) is 194 Å². The molecule has 11 nitrogen and oxygen atoms in total. The molecule has 3 aromatic rings. The van der Waals surface area contributed by atoms with Gasteiger partial charge in [0.05, 0.1) is 12.7 Å². The molecule has 1 heterocycles. The summed E-state index contributed by atoms with van der Waals surface area (Å²) in [5, 5.41) is 23.1. The molecule has 0 radical (unpaired) electrons. The number of aromatic nitrogens is 1. The number of ether oxygens (including phenoxy) is 1. The van der Waals surface area contributed by atoms with Crippen molar-refractivity contribution in [1.29, 1.82) is 5.41 Å². The van der Waals surface area contributed by atoms with Crippen LogP contribution in [-0.4, -0.2) is 53.4 Å². The molecule has 2 aromatic carbocycles. The molecule has 0 unspecified atom stereocenters.